The molecule has 0 aliphatic heterocycles. The molecule has 1 aliphatic carbocycles. The summed E-state index contributed by atoms with van der Waals surface area (Å²) in [6.45, 7) is -0.224. The molecule has 2 aromatic rings. The zero-order chi connectivity index (χ0) is 21.3. The van der Waals surface area contributed by atoms with Crippen molar-refractivity contribution >= 4 is 23.4 Å². The lowest BCUT2D eigenvalue weighted by molar-refractivity contribution is -0.125. The highest BCUT2D eigenvalue weighted by molar-refractivity contribution is 6.30. The lowest BCUT2D eigenvalue weighted by Crippen LogP contribution is -2.45. The van der Waals surface area contributed by atoms with Crippen LogP contribution >= 0.6 is 11.6 Å². The van der Waals surface area contributed by atoms with Gasteiger partial charge < -0.3 is 20.1 Å². The lowest BCUT2D eigenvalue weighted by Gasteiger charge is -2.29. The summed E-state index contributed by atoms with van der Waals surface area (Å²) in [4.78, 5) is 24.1. The van der Waals surface area contributed by atoms with Crippen LogP contribution in [-0.2, 0) is 9.59 Å². The van der Waals surface area contributed by atoms with E-state index in [2.05, 4.69) is 10.6 Å². The maximum absolute atomic E-state index is 13.1. The van der Waals surface area contributed by atoms with Gasteiger partial charge in [-0.1, -0.05) is 17.7 Å². The predicted octanol–water partition coefficient (Wildman–Crippen LogP) is 3.48. The summed E-state index contributed by atoms with van der Waals surface area (Å²) in [5, 5.41) is 6.49. The van der Waals surface area contributed by atoms with E-state index < -0.39 is 5.82 Å². The summed E-state index contributed by atoms with van der Waals surface area (Å²) in [6.07, 6.45) is 3.05. The van der Waals surface area contributed by atoms with Gasteiger partial charge in [-0.3, -0.25) is 9.59 Å². The fourth-order valence-corrected chi connectivity index (χ4v) is 3.43. The highest BCUT2D eigenvalue weighted by Crippen LogP contribution is 2.19. The Balaban J connectivity index is 1.31. The zero-order valence-electron chi connectivity index (χ0n) is 16.4. The van der Waals surface area contributed by atoms with Crippen LogP contribution < -0.4 is 20.1 Å². The van der Waals surface area contributed by atoms with Gasteiger partial charge in [0.25, 0.3) is 11.8 Å². The first-order valence-corrected chi connectivity index (χ1v) is 10.2. The minimum absolute atomic E-state index is 0.0343. The van der Waals surface area contributed by atoms with Gasteiger partial charge in [0, 0.05) is 23.2 Å². The Morgan fingerprint density at radius 1 is 0.867 bits per heavy atom. The highest BCUT2D eigenvalue weighted by Gasteiger charge is 2.23. The van der Waals surface area contributed by atoms with Crippen LogP contribution in [0.25, 0.3) is 0 Å². The Morgan fingerprint density at radius 3 is 1.93 bits per heavy atom. The van der Waals surface area contributed by atoms with Gasteiger partial charge in [0.15, 0.2) is 13.2 Å². The van der Waals surface area contributed by atoms with E-state index in [-0.39, 0.29) is 37.1 Å². The highest BCUT2D eigenvalue weighted by atomic mass is 35.5. The van der Waals surface area contributed by atoms with Crippen LogP contribution in [0.5, 0.6) is 11.5 Å². The second-order valence-corrected chi connectivity index (χ2v) is 7.61. The third-order valence-electron chi connectivity index (χ3n) is 4.81. The summed E-state index contributed by atoms with van der Waals surface area (Å²) >= 11 is 5.82. The SMILES string of the molecule is O=C(COc1ccc(Cl)cc1)N[C@H]1CC[C@H](NC(=O)COc2cccc(F)c2)CC1. The summed E-state index contributed by atoms with van der Waals surface area (Å²) in [5.41, 5.74) is 0. The molecule has 0 bridgehead atoms. The van der Waals surface area contributed by atoms with E-state index in [1.54, 1.807) is 30.3 Å². The molecule has 0 atom stereocenters. The van der Waals surface area contributed by atoms with Crippen molar-refractivity contribution in [1.82, 2.24) is 10.6 Å². The summed E-state index contributed by atoms with van der Waals surface area (Å²) in [5.74, 6) is 0.0645. The molecule has 30 heavy (non-hydrogen) atoms. The Labute approximate surface area is 179 Å². The van der Waals surface area contributed by atoms with Crippen molar-refractivity contribution in [2.45, 2.75) is 37.8 Å². The normalized spacial score (nSPS) is 18.3. The van der Waals surface area contributed by atoms with Crippen molar-refractivity contribution in [3.63, 3.8) is 0 Å². The molecule has 1 aliphatic rings. The molecule has 3 rings (SSSR count). The van der Waals surface area contributed by atoms with Crippen LogP contribution in [0.4, 0.5) is 4.39 Å². The molecule has 2 amide bonds. The van der Waals surface area contributed by atoms with E-state index in [9.17, 15) is 14.0 Å². The van der Waals surface area contributed by atoms with Crippen molar-refractivity contribution in [2.24, 2.45) is 0 Å². The van der Waals surface area contributed by atoms with Gasteiger partial charge in [0.05, 0.1) is 0 Å². The molecule has 8 heteroatoms. The zero-order valence-corrected chi connectivity index (χ0v) is 17.2. The van der Waals surface area contributed by atoms with Crippen LogP contribution in [-0.4, -0.2) is 37.1 Å². The smallest absolute Gasteiger partial charge is 0.258 e. The molecular formula is C22H24ClFN2O4. The number of benzene rings is 2. The lowest BCUT2D eigenvalue weighted by atomic mass is 9.91. The average Bonchev–Trinajstić information content (AvgIpc) is 2.73. The standard InChI is InChI=1S/C22H24ClFN2O4/c23-15-4-10-19(11-5-15)29-13-21(27)25-17-6-8-18(9-7-17)26-22(28)14-30-20-3-1-2-16(24)12-20/h1-5,10-12,17-18H,6-9,13-14H2,(H,25,27)(H,26,28)/t17-,18-. The van der Waals surface area contributed by atoms with Crippen LogP contribution in [0.15, 0.2) is 48.5 Å². The molecular weight excluding hydrogens is 411 g/mol. The Hall–Kier alpha value is -2.80. The van der Waals surface area contributed by atoms with Gasteiger partial charge in [-0.15, -0.1) is 0 Å². The Morgan fingerprint density at radius 2 is 1.40 bits per heavy atom. The summed E-state index contributed by atoms with van der Waals surface area (Å²) in [6, 6.07) is 12.6. The number of hydrogen-bond donors (Lipinski definition) is 2. The number of nitrogens with one attached hydrogen (secondary N) is 2. The average molecular weight is 435 g/mol. The molecule has 0 spiro atoms. The van der Waals surface area contributed by atoms with Gasteiger partial charge in [-0.25, -0.2) is 4.39 Å². The van der Waals surface area contributed by atoms with Crippen molar-refractivity contribution in [3.8, 4) is 11.5 Å². The molecule has 0 radical (unpaired) electrons. The number of halogens is 2. The molecule has 0 heterocycles. The third-order valence-corrected chi connectivity index (χ3v) is 5.06. The van der Waals surface area contributed by atoms with Crippen molar-refractivity contribution in [2.75, 3.05) is 13.2 Å². The van der Waals surface area contributed by atoms with Gasteiger partial charge in [-0.2, -0.15) is 0 Å². The second-order valence-electron chi connectivity index (χ2n) is 7.17. The maximum atomic E-state index is 13.1. The van der Waals surface area contributed by atoms with Gasteiger partial charge in [-0.05, 0) is 62.1 Å². The molecule has 2 aromatic carbocycles. The Kier molecular flexibility index (Phi) is 7.90. The van der Waals surface area contributed by atoms with E-state index in [0.29, 0.717) is 16.5 Å². The van der Waals surface area contributed by atoms with Crippen LogP contribution in [0.3, 0.4) is 0 Å². The monoisotopic (exact) mass is 434 g/mol. The number of carbonyl (C=O) groups is 2. The largest absolute Gasteiger partial charge is 0.484 e. The molecule has 0 saturated heterocycles. The molecule has 1 saturated carbocycles. The van der Waals surface area contributed by atoms with Crippen LogP contribution in [0, 0.1) is 5.82 Å². The first kappa shape index (κ1) is 21.9. The molecule has 160 valence electrons. The van der Waals surface area contributed by atoms with Crippen molar-refractivity contribution < 1.29 is 23.5 Å². The number of ether oxygens (including phenoxy) is 2. The molecule has 6 nitrogen and oxygen atoms in total. The first-order chi connectivity index (χ1) is 14.5. The fraction of sp³-hybridized carbons (Fsp3) is 0.364. The number of amides is 2. The molecule has 2 N–H and O–H groups in total. The quantitative estimate of drug-likeness (QED) is 0.667. The van der Waals surface area contributed by atoms with Crippen molar-refractivity contribution in [1.29, 1.82) is 0 Å². The molecule has 0 aromatic heterocycles. The Bertz CT molecular complexity index is 854. The van der Waals surface area contributed by atoms with Gasteiger partial charge in [0.1, 0.15) is 17.3 Å². The number of hydrogen-bond acceptors (Lipinski definition) is 4. The minimum atomic E-state index is -0.410. The topological polar surface area (TPSA) is 76.7 Å². The maximum Gasteiger partial charge on any atom is 0.258 e. The first-order valence-electron chi connectivity index (χ1n) is 9.83. The second kappa shape index (κ2) is 10.8. The summed E-state index contributed by atoms with van der Waals surface area (Å²) in [7, 11) is 0. The number of carbonyl (C=O) groups excluding carboxylic acids is 2. The predicted molar refractivity (Wildman–Crippen MR) is 111 cm³/mol. The van der Waals surface area contributed by atoms with E-state index >= 15 is 0 Å². The molecule has 1 fully saturated rings. The number of rotatable bonds is 8. The van der Waals surface area contributed by atoms with E-state index in [0.717, 1.165) is 25.7 Å². The van der Waals surface area contributed by atoms with Gasteiger partial charge >= 0.3 is 0 Å². The van der Waals surface area contributed by atoms with Gasteiger partial charge in [0.2, 0.25) is 0 Å². The fourth-order valence-electron chi connectivity index (χ4n) is 3.31. The van der Waals surface area contributed by atoms with Crippen molar-refractivity contribution in [3.05, 3.63) is 59.4 Å². The molecule has 0 unspecified atom stereocenters. The van der Waals surface area contributed by atoms with Crippen LogP contribution in [0.1, 0.15) is 25.7 Å². The van der Waals surface area contributed by atoms with E-state index in [1.807, 2.05) is 0 Å². The van der Waals surface area contributed by atoms with E-state index in [1.165, 1.54) is 18.2 Å². The van der Waals surface area contributed by atoms with E-state index in [4.69, 9.17) is 21.1 Å². The minimum Gasteiger partial charge on any atom is -0.484 e. The third kappa shape index (κ3) is 7.22. The van der Waals surface area contributed by atoms with Crippen LogP contribution in [0.2, 0.25) is 5.02 Å². The summed E-state index contributed by atoms with van der Waals surface area (Å²) < 4.78 is 23.9.